The van der Waals surface area contributed by atoms with E-state index in [9.17, 15) is 28.8 Å². The molecular formula is C18H30N6O7. The van der Waals surface area contributed by atoms with Gasteiger partial charge in [0.2, 0.25) is 29.5 Å². The first-order chi connectivity index (χ1) is 14.4. The van der Waals surface area contributed by atoms with E-state index in [0.717, 1.165) is 0 Å². The lowest BCUT2D eigenvalue weighted by Crippen LogP contribution is -2.56. The highest BCUT2D eigenvalue weighted by molar-refractivity contribution is 5.94. The standard InChI is InChI=1S/C18H30N6O7/c1-9(18(30)31)22-15(27)11(5-7-14(21)26)23-16(28)12-3-2-8-24(12)17(29)10(19)4-6-13(20)25/h9-12H,2-8,19H2,1H3,(H2,20,25)(H2,21,26)(H,22,27)(H,23,28)(H,30,31). The Labute approximate surface area is 179 Å². The molecule has 0 spiro atoms. The molecule has 9 N–H and O–H groups in total. The van der Waals surface area contributed by atoms with Gasteiger partial charge in [-0.15, -0.1) is 0 Å². The van der Waals surface area contributed by atoms with Crippen LogP contribution in [0.4, 0.5) is 0 Å². The summed E-state index contributed by atoms with van der Waals surface area (Å²) in [6.45, 7) is 1.52. The molecule has 1 fully saturated rings. The number of carboxylic acids is 1. The SMILES string of the molecule is CC(NC(=O)C(CCC(N)=O)NC(=O)C1CCCN1C(=O)C(N)CCC(N)=O)C(=O)O. The molecule has 1 heterocycles. The summed E-state index contributed by atoms with van der Waals surface area (Å²) in [5, 5.41) is 13.7. The summed E-state index contributed by atoms with van der Waals surface area (Å²) < 4.78 is 0. The molecule has 1 rings (SSSR count). The van der Waals surface area contributed by atoms with E-state index in [1.165, 1.54) is 11.8 Å². The van der Waals surface area contributed by atoms with E-state index in [-0.39, 0.29) is 32.2 Å². The van der Waals surface area contributed by atoms with E-state index >= 15 is 0 Å². The fraction of sp³-hybridized carbons (Fsp3) is 0.667. The zero-order chi connectivity index (χ0) is 23.7. The zero-order valence-electron chi connectivity index (χ0n) is 17.3. The Hall–Kier alpha value is -3.22. The Balaban J connectivity index is 2.85. The lowest BCUT2D eigenvalue weighted by molar-refractivity contribution is -0.143. The Kier molecular flexibility index (Phi) is 9.86. The van der Waals surface area contributed by atoms with Crippen LogP contribution in [0.5, 0.6) is 0 Å². The summed E-state index contributed by atoms with van der Waals surface area (Å²) in [7, 11) is 0. The van der Waals surface area contributed by atoms with E-state index in [2.05, 4.69) is 10.6 Å². The van der Waals surface area contributed by atoms with Gasteiger partial charge in [-0.3, -0.25) is 28.8 Å². The largest absolute Gasteiger partial charge is 0.480 e. The molecule has 0 bridgehead atoms. The number of likely N-dealkylation sites (tertiary alicyclic amines) is 1. The van der Waals surface area contributed by atoms with E-state index < -0.39 is 59.7 Å². The van der Waals surface area contributed by atoms with Gasteiger partial charge in [0.15, 0.2) is 0 Å². The van der Waals surface area contributed by atoms with Gasteiger partial charge in [0.25, 0.3) is 0 Å². The molecule has 0 radical (unpaired) electrons. The van der Waals surface area contributed by atoms with Crippen molar-refractivity contribution in [2.24, 2.45) is 17.2 Å². The average molecular weight is 442 g/mol. The van der Waals surface area contributed by atoms with Crippen molar-refractivity contribution in [2.75, 3.05) is 6.54 Å². The maximum atomic E-state index is 12.8. The van der Waals surface area contributed by atoms with E-state index in [4.69, 9.17) is 22.3 Å². The van der Waals surface area contributed by atoms with Crippen LogP contribution < -0.4 is 27.8 Å². The van der Waals surface area contributed by atoms with Crippen molar-refractivity contribution >= 4 is 35.5 Å². The molecule has 0 saturated carbocycles. The van der Waals surface area contributed by atoms with Crippen LogP contribution in [0.3, 0.4) is 0 Å². The molecule has 174 valence electrons. The predicted octanol–water partition coefficient (Wildman–Crippen LogP) is -3.09. The van der Waals surface area contributed by atoms with Crippen LogP contribution in [0.15, 0.2) is 0 Å². The van der Waals surface area contributed by atoms with Gasteiger partial charge in [-0.25, -0.2) is 0 Å². The minimum absolute atomic E-state index is 0.0374. The minimum Gasteiger partial charge on any atom is -0.480 e. The number of hydrogen-bond acceptors (Lipinski definition) is 7. The molecular weight excluding hydrogens is 412 g/mol. The third kappa shape index (κ3) is 8.20. The number of carbonyl (C=O) groups is 6. The molecule has 5 amide bonds. The number of carboxylic acid groups (broad SMARTS) is 1. The molecule has 4 atom stereocenters. The molecule has 0 aromatic carbocycles. The van der Waals surface area contributed by atoms with Crippen molar-refractivity contribution in [3.05, 3.63) is 0 Å². The zero-order valence-corrected chi connectivity index (χ0v) is 17.3. The number of nitrogens with zero attached hydrogens (tertiary/aromatic N) is 1. The molecule has 13 heteroatoms. The van der Waals surface area contributed by atoms with Crippen LogP contribution in [-0.2, 0) is 28.8 Å². The maximum absolute atomic E-state index is 12.8. The first-order valence-corrected chi connectivity index (χ1v) is 9.90. The summed E-state index contributed by atoms with van der Waals surface area (Å²) in [5.74, 6) is -4.52. The second kappa shape index (κ2) is 11.8. The Morgan fingerprint density at radius 2 is 1.61 bits per heavy atom. The molecule has 0 aromatic rings. The summed E-state index contributed by atoms with van der Waals surface area (Å²) in [6, 6.07) is -4.34. The molecule has 31 heavy (non-hydrogen) atoms. The van der Waals surface area contributed by atoms with Crippen molar-refractivity contribution in [2.45, 2.75) is 69.6 Å². The first kappa shape index (κ1) is 25.8. The van der Waals surface area contributed by atoms with Crippen molar-refractivity contribution in [3.8, 4) is 0 Å². The second-order valence-electron chi connectivity index (χ2n) is 7.44. The van der Waals surface area contributed by atoms with Crippen LogP contribution in [-0.4, -0.2) is 76.2 Å². The third-order valence-electron chi connectivity index (χ3n) is 4.90. The number of aliphatic carboxylic acids is 1. The van der Waals surface area contributed by atoms with E-state index in [0.29, 0.717) is 12.8 Å². The van der Waals surface area contributed by atoms with E-state index in [1.54, 1.807) is 0 Å². The van der Waals surface area contributed by atoms with Crippen LogP contribution in [0, 0.1) is 0 Å². The Morgan fingerprint density at radius 3 is 2.16 bits per heavy atom. The van der Waals surface area contributed by atoms with Gasteiger partial charge in [0, 0.05) is 19.4 Å². The highest BCUT2D eigenvalue weighted by atomic mass is 16.4. The number of rotatable bonds is 12. The number of nitrogens with one attached hydrogen (secondary N) is 2. The molecule has 4 unspecified atom stereocenters. The van der Waals surface area contributed by atoms with Gasteiger partial charge >= 0.3 is 5.97 Å². The maximum Gasteiger partial charge on any atom is 0.325 e. The Morgan fingerprint density at radius 1 is 1.03 bits per heavy atom. The molecule has 1 aliphatic rings. The fourth-order valence-corrected chi connectivity index (χ4v) is 3.14. The van der Waals surface area contributed by atoms with Crippen molar-refractivity contribution in [1.82, 2.24) is 15.5 Å². The van der Waals surface area contributed by atoms with Gasteiger partial charge < -0.3 is 37.8 Å². The fourth-order valence-electron chi connectivity index (χ4n) is 3.14. The van der Waals surface area contributed by atoms with E-state index in [1.807, 2.05) is 0 Å². The van der Waals surface area contributed by atoms with Gasteiger partial charge in [-0.05, 0) is 32.6 Å². The normalized spacial score (nSPS) is 18.5. The predicted molar refractivity (Wildman–Crippen MR) is 107 cm³/mol. The van der Waals surface area contributed by atoms with Gasteiger partial charge in [0.1, 0.15) is 18.1 Å². The Bertz CT molecular complexity index is 728. The van der Waals surface area contributed by atoms with Crippen LogP contribution >= 0.6 is 0 Å². The number of primary amides is 2. The number of nitrogens with two attached hydrogens (primary N) is 3. The van der Waals surface area contributed by atoms with Crippen LogP contribution in [0.25, 0.3) is 0 Å². The topological polar surface area (TPSA) is 228 Å². The molecule has 13 nitrogen and oxygen atoms in total. The summed E-state index contributed by atoms with van der Waals surface area (Å²) >= 11 is 0. The minimum atomic E-state index is -1.27. The van der Waals surface area contributed by atoms with Gasteiger partial charge in [-0.2, -0.15) is 0 Å². The number of carbonyl (C=O) groups excluding carboxylic acids is 5. The molecule has 0 aliphatic carbocycles. The van der Waals surface area contributed by atoms with Crippen LogP contribution in [0.2, 0.25) is 0 Å². The summed E-state index contributed by atoms with van der Waals surface area (Å²) in [4.78, 5) is 72.1. The second-order valence-corrected chi connectivity index (χ2v) is 7.44. The van der Waals surface area contributed by atoms with Crippen molar-refractivity contribution in [3.63, 3.8) is 0 Å². The molecule has 0 aromatic heterocycles. The summed E-state index contributed by atoms with van der Waals surface area (Å²) in [5.41, 5.74) is 16.0. The van der Waals surface area contributed by atoms with Gasteiger partial charge in [0.05, 0.1) is 6.04 Å². The lowest BCUT2D eigenvalue weighted by Gasteiger charge is -2.28. The number of amides is 5. The number of hydrogen-bond donors (Lipinski definition) is 6. The average Bonchev–Trinajstić information content (AvgIpc) is 3.17. The van der Waals surface area contributed by atoms with Crippen molar-refractivity contribution < 1.29 is 33.9 Å². The smallest absolute Gasteiger partial charge is 0.325 e. The van der Waals surface area contributed by atoms with Crippen LogP contribution in [0.1, 0.15) is 45.4 Å². The summed E-state index contributed by atoms with van der Waals surface area (Å²) in [6.07, 6.45) is 0.462. The van der Waals surface area contributed by atoms with Gasteiger partial charge in [-0.1, -0.05) is 0 Å². The first-order valence-electron chi connectivity index (χ1n) is 9.90. The third-order valence-corrected chi connectivity index (χ3v) is 4.90. The van der Waals surface area contributed by atoms with Crippen molar-refractivity contribution in [1.29, 1.82) is 0 Å². The molecule has 1 aliphatic heterocycles. The highest BCUT2D eigenvalue weighted by Gasteiger charge is 2.37. The lowest BCUT2D eigenvalue weighted by atomic mass is 10.1. The monoisotopic (exact) mass is 442 g/mol. The molecule has 1 saturated heterocycles. The highest BCUT2D eigenvalue weighted by Crippen LogP contribution is 2.19. The quantitative estimate of drug-likeness (QED) is 0.181.